The highest BCUT2D eigenvalue weighted by molar-refractivity contribution is 5.78. The molecule has 4 N–H and O–H groups in total. The van der Waals surface area contributed by atoms with E-state index in [1.165, 1.54) is 0 Å². The molecule has 0 aromatic rings. The number of hydrogen-bond donors (Lipinski definition) is 3. The van der Waals surface area contributed by atoms with Gasteiger partial charge in [-0.05, 0) is 37.5 Å². The van der Waals surface area contributed by atoms with Crippen molar-refractivity contribution in [2.75, 3.05) is 13.1 Å². The lowest BCUT2D eigenvalue weighted by atomic mass is 9.78. The van der Waals surface area contributed by atoms with E-state index in [1.807, 2.05) is 0 Å². The molecule has 0 aliphatic heterocycles. The standard InChI is InChI=1S/C14H28N2O2/c1-4-13(2,3)10-16-12(17)11-5-7-14(18,9-15)8-6-11/h11,18H,4-10,15H2,1-3H3,(H,16,17). The van der Waals surface area contributed by atoms with Gasteiger partial charge < -0.3 is 16.2 Å². The molecule has 1 fully saturated rings. The van der Waals surface area contributed by atoms with Crippen LogP contribution in [0.1, 0.15) is 52.9 Å². The van der Waals surface area contributed by atoms with Gasteiger partial charge in [-0.2, -0.15) is 0 Å². The lowest BCUT2D eigenvalue weighted by molar-refractivity contribution is -0.128. The van der Waals surface area contributed by atoms with Crippen LogP contribution in [0, 0.1) is 11.3 Å². The normalized spacial score (nSPS) is 29.1. The summed E-state index contributed by atoms with van der Waals surface area (Å²) in [5.41, 5.74) is 4.96. The smallest absolute Gasteiger partial charge is 0.223 e. The fourth-order valence-corrected chi connectivity index (χ4v) is 2.22. The Kier molecular flexibility index (Phi) is 5.17. The Morgan fingerprint density at radius 2 is 2.00 bits per heavy atom. The number of hydrogen-bond acceptors (Lipinski definition) is 3. The lowest BCUT2D eigenvalue weighted by Crippen LogP contribution is -2.45. The second-order valence-corrected chi connectivity index (χ2v) is 6.44. The lowest BCUT2D eigenvalue weighted by Gasteiger charge is -2.35. The predicted molar refractivity (Wildman–Crippen MR) is 73.0 cm³/mol. The van der Waals surface area contributed by atoms with Crippen molar-refractivity contribution in [2.24, 2.45) is 17.1 Å². The Balaban J connectivity index is 2.37. The van der Waals surface area contributed by atoms with Gasteiger partial charge in [0.1, 0.15) is 0 Å². The second-order valence-electron chi connectivity index (χ2n) is 6.44. The molecular formula is C14H28N2O2. The molecule has 106 valence electrons. The van der Waals surface area contributed by atoms with E-state index < -0.39 is 5.60 Å². The number of carbonyl (C=O) groups excluding carboxylic acids is 1. The topological polar surface area (TPSA) is 75.3 Å². The Bertz CT molecular complexity index is 282. The number of nitrogens with one attached hydrogen (secondary N) is 1. The molecule has 0 radical (unpaired) electrons. The zero-order valence-electron chi connectivity index (χ0n) is 12.0. The van der Waals surface area contributed by atoms with Crippen LogP contribution in [0.5, 0.6) is 0 Å². The average Bonchev–Trinajstić information content (AvgIpc) is 2.37. The van der Waals surface area contributed by atoms with Crippen LogP contribution >= 0.6 is 0 Å². The molecule has 0 aromatic heterocycles. The molecule has 0 heterocycles. The van der Waals surface area contributed by atoms with Crippen molar-refractivity contribution < 1.29 is 9.90 Å². The minimum atomic E-state index is -0.737. The van der Waals surface area contributed by atoms with Gasteiger partial charge in [0.05, 0.1) is 5.60 Å². The summed E-state index contributed by atoms with van der Waals surface area (Å²) in [5, 5.41) is 13.1. The third kappa shape index (κ3) is 4.25. The van der Waals surface area contributed by atoms with Crippen molar-refractivity contribution in [3.8, 4) is 0 Å². The van der Waals surface area contributed by atoms with Crippen LogP contribution in [-0.4, -0.2) is 29.7 Å². The summed E-state index contributed by atoms with van der Waals surface area (Å²) in [5.74, 6) is 0.181. The monoisotopic (exact) mass is 256 g/mol. The third-order valence-corrected chi connectivity index (χ3v) is 4.37. The van der Waals surface area contributed by atoms with E-state index in [-0.39, 0.29) is 17.2 Å². The first-order chi connectivity index (χ1) is 8.32. The molecule has 1 rings (SSSR count). The Morgan fingerprint density at radius 1 is 1.44 bits per heavy atom. The van der Waals surface area contributed by atoms with Crippen molar-refractivity contribution in [2.45, 2.75) is 58.5 Å². The molecule has 0 saturated heterocycles. The molecule has 1 amide bonds. The Hall–Kier alpha value is -0.610. The molecule has 0 unspecified atom stereocenters. The number of rotatable bonds is 5. The molecule has 0 spiro atoms. The summed E-state index contributed by atoms with van der Waals surface area (Å²) in [6.07, 6.45) is 3.81. The first-order valence-electron chi connectivity index (χ1n) is 7.02. The largest absolute Gasteiger partial charge is 0.389 e. The number of nitrogens with two attached hydrogens (primary N) is 1. The van der Waals surface area contributed by atoms with Crippen LogP contribution in [0.15, 0.2) is 0 Å². The maximum absolute atomic E-state index is 12.0. The summed E-state index contributed by atoms with van der Waals surface area (Å²) < 4.78 is 0. The Morgan fingerprint density at radius 3 is 2.44 bits per heavy atom. The van der Waals surface area contributed by atoms with Gasteiger partial charge in [0.25, 0.3) is 0 Å². The van der Waals surface area contributed by atoms with E-state index in [1.54, 1.807) is 0 Å². The molecule has 4 heteroatoms. The second kappa shape index (κ2) is 6.02. The minimum Gasteiger partial charge on any atom is -0.389 e. The van der Waals surface area contributed by atoms with Crippen LogP contribution in [0.3, 0.4) is 0 Å². The Labute approximate surface area is 110 Å². The van der Waals surface area contributed by atoms with Gasteiger partial charge in [-0.3, -0.25) is 4.79 Å². The quantitative estimate of drug-likeness (QED) is 0.696. The molecule has 1 saturated carbocycles. The van der Waals surface area contributed by atoms with Crippen LogP contribution in [-0.2, 0) is 4.79 Å². The fourth-order valence-electron chi connectivity index (χ4n) is 2.22. The van der Waals surface area contributed by atoms with Gasteiger partial charge >= 0.3 is 0 Å². The molecule has 0 atom stereocenters. The van der Waals surface area contributed by atoms with E-state index in [0.717, 1.165) is 25.8 Å². The maximum Gasteiger partial charge on any atom is 0.223 e. The van der Waals surface area contributed by atoms with E-state index in [9.17, 15) is 9.90 Å². The summed E-state index contributed by atoms with van der Waals surface area (Å²) in [7, 11) is 0. The fraction of sp³-hybridized carbons (Fsp3) is 0.929. The van der Waals surface area contributed by atoms with Gasteiger partial charge in [0, 0.05) is 19.0 Å². The van der Waals surface area contributed by atoms with Crippen LogP contribution in [0.25, 0.3) is 0 Å². The maximum atomic E-state index is 12.0. The molecule has 1 aliphatic rings. The number of amides is 1. The summed E-state index contributed by atoms with van der Waals surface area (Å²) in [4.78, 5) is 12.0. The van der Waals surface area contributed by atoms with Gasteiger partial charge in [-0.15, -0.1) is 0 Å². The average molecular weight is 256 g/mol. The molecule has 1 aliphatic carbocycles. The van der Waals surface area contributed by atoms with Crippen LogP contribution in [0.4, 0.5) is 0 Å². The van der Waals surface area contributed by atoms with Crippen molar-refractivity contribution >= 4 is 5.91 Å². The zero-order chi connectivity index (χ0) is 13.8. The summed E-state index contributed by atoms with van der Waals surface area (Å²) in [6.45, 7) is 7.46. The highest BCUT2D eigenvalue weighted by atomic mass is 16.3. The summed E-state index contributed by atoms with van der Waals surface area (Å²) >= 11 is 0. The highest BCUT2D eigenvalue weighted by Crippen LogP contribution is 2.31. The molecular weight excluding hydrogens is 228 g/mol. The van der Waals surface area contributed by atoms with Gasteiger partial charge in [0.15, 0.2) is 0 Å². The number of aliphatic hydroxyl groups is 1. The zero-order valence-corrected chi connectivity index (χ0v) is 12.0. The SMILES string of the molecule is CCC(C)(C)CNC(=O)C1CCC(O)(CN)CC1. The van der Waals surface area contributed by atoms with Crippen molar-refractivity contribution in [3.63, 3.8) is 0 Å². The molecule has 0 aromatic carbocycles. The minimum absolute atomic E-state index is 0.0458. The van der Waals surface area contributed by atoms with E-state index >= 15 is 0 Å². The van der Waals surface area contributed by atoms with Crippen LogP contribution in [0.2, 0.25) is 0 Å². The van der Waals surface area contributed by atoms with Crippen molar-refractivity contribution in [3.05, 3.63) is 0 Å². The predicted octanol–water partition coefficient (Wildman–Crippen LogP) is 1.42. The molecule has 4 nitrogen and oxygen atoms in total. The summed E-state index contributed by atoms with van der Waals surface area (Å²) in [6, 6.07) is 0. The van der Waals surface area contributed by atoms with Crippen LogP contribution < -0.4 is 11.1 Å². The van der Waals surface area contributed by atoms with E-state index in [2.05, 4.69) is 26.1 Å². The first-order valence-corrected chi connectivity index (χ1v) is 7.02. The molecule has 0 bridgehead atoms. The first kappa shape index (κ1) is 15.4. The van der Waals surface area contributed by atoms with Gasteiger partial charge in [0.2, 0.25) is 5.91 Å². The van der Waals surface area contributed by atoms with Crippen molar-refractivity contribution in [1.29, 1.82) is 0 Å². The van der Waals surface area contributed by atoms with E-state index in [0.29, 0.717) is 19.4 Å². The number of carbonyl (C=O) groups is 1. The highest BCUT2D eigenvalue weighted by Gasteiger charge is 2.34. The molecule has 18 heavy (non-hydrogen) atoms. The van der Waals surface area contributed by atoms with E-state index in [4.69, 9.17) is 5.73 Å². The van der Waals surface area contributed by atoms with Gasteiger partial charge in [-0.25, -0.2) is 0 Å². The van der Waals surface area contributed by atoms with Crippen molar-refractivity contribution in [1.82, 2.24) is 5.32 Å². The third-order valence-electron chi connectivity index (χ3n) is 4.37. The van der Waals surface area contributed by atoms with Gasteiger partial charge in [-0.1, -0.05) is 20.8 Å².